The number of amides is 1. The number of hydrogen-bond acceptors (Lipinski definition) is 8. The Balaban J connectivity index is 1.31. The molecule has 0 bridgehead atoms. The lowest BCUT2D eigenvalue weighted by Crippen LogP contribution is -2.27. The van der Waals surface area contributed by atoms with Crippen molar-refractivity contribution < 1.29 is 19.0 Å². The largest absolute Gasteiger partial charge is 0.493 e. The molecule has 0 spiro atoms. The van der Waals surface area contributed by atoms with Crippen LogP contribution < -0.4 is 20.1 Å². The first-order chi connectivity index (χ1) is 16.7. The van der Waals surface area contributed by atoms with Gasteiger partial charge in [-0.1, -0.05) is 30.0 Å². The Morgan fingerprint density at radius 1 is 1.15 bits per heavy atom. The van der Waals surface area contributed by atoms with E-state index in [9.17, 15) is 4.79 Å². The molecule has 34 heavy (non-hydrogen) atoms. The molecule has 1 fully saturated rings. The lowest BCUT2D eigenvalue weighted by Gasteiger charge is -2.14. The van der Waals surface area contributed by atoms with E-state index in [0.29, 0.717) is 36.2 Å². The van der Waals surface area contributed by atoms with E-state index < -0.39 is 0 Å². The van der Waals surface area contributed by atoms with Gasteiger partial charge in [-0.3, -0.25) is 4.79 Å². The minimum Gasteiger partial charge on any atom is -0.493 e. The summed E-state index contributed by atoms with van der Waals surface area (Å²) in [6, 6.07) is 13.7. The highest BCUT2D eigenvalue weighted by atomic mass is 32.2. The molecule has 1 amide bonds. The number of carbonyl (C=O) groups excluding carboxylic acids is 1. The molecule has 180 valence electrons. The molecular weight excluding hydrogens is 452 g/mol. The number of nitrogens with zero attached hydrogens (tertiary/aromatic N) is 2. The number of rotatable bonds is 11. The van der Waals surface area contributed by atoms with Crippen LogP contribution in [0.25, 0.3) is 10.9 Å². The molecule has 1 atom stereocenters. The van der Waals surface area contributed by atoms with Crippen LogP contribution in [0.1, 0.15) is 18.4 Å². The van der Waals surface area contributed by atoms with E-state index in [1.165, 1.54) is 11.8 Å². The van der Waals surface area contributed by atoms with Crippen LogP contribution in [0, 0.1) is 0 Å². The number of anilines is 1. The summed E-state index contributed by atoms with van der Waals surface area (Å²) in [7, 11) is 3.22. The lowest BCUT2D eigenvalue weighted by atomic mass is 10.1. The summed E-state index contributed by atoms with van der Waals surface area (Å²) in [6.07, 6.45) is 3.06. The molecule has 0 radical (unpaired) electrons. The molecule has 2 N–H and O–H groups in total. The Kier molecular flexibility index (Phi) is 8.43. The van der Waals surface area contributed by atoms with Crippen molar-refractivity contribution in [3.63, 3.8) is 0 Å². The first-order valence-corrected chi connectivity index (χ1v) is 12.4. The second-order valence-electron chi connectivity index (χ2n) is 7.97. The fourth-order valence-corrected chi connectivity index (χ4v) is 4.51. The number of carbonyl (C=O) groups is 1. The van der Waals surface area contributed by atoms with Gasteiger partial charge < -0.3 is 24.8 Å². The molecule has 1 aliphatic rings. The normalized spacial score (nSPS) is 15.3. The molecule has 8 nitrogen and oxygen atoms in total. The van der Waals surface area contributed by atoms with Crippen molar-refractivity contribution in [2.45, 2.75) is 30.5 Å². The van der Waals surface area contributed by atoms with Gasteiger partial charge in [0, 0.05) is 25.1 Å². The second kappa shape index (κ2) is 11.9. The van der Waals surface area contributed by atoms with Crippen molar-refractivity contribution in [2.24, 2.45) is 0 Å². The Morgan fingerprint density at radius 2 is 2.00 bits per heavy atom. The Hall–Kier alpha value is -3.04. The Bertz CT molecular complexity index is 1120. The van der Waals surface area contributed by atoms with E-state index >= 15 is 0 Å². The van der Waals surface area contributed by atoms with Gasteiger partial charge in [0.05, 0.1) is 31.6 Å². The smallest absolute Gasteiger partial charge is 0.230 e. The van der Waals surface area contributed by atoms with Gasteiger partial charge in [-0.2, -0.15) is 0 Å². The van der Waals surface area contributed by atoms with Gasteiger partial charge in [-0.15, -0.1) is 0 Å². The molecule has 1 saturated heterocycles. The second-order valence-corrected chi connectivity index (χ2v) is 8.91. The van der Waals surface area contributed by atoms with Crippen LogP contribution in [0.4, 0.5) is 5.82 Å². The molecule has 1 aliphatic heterocycles. The van der Waals surface area contributed by atoms with Crippen LogP contribution in [0.15, 0.2) is 47.6 Å². The molecule has 1 unspecified atom stereocenters. The van der Waals surface area contributed by atoms with Gasteiger partial charge in [0.2, 0.25) is 5.91 Å². The minimum absolute atomic E-state index is 0.0592. The summed E-state index contributed by atoms with van der Waals surface area (Å²) in [5.74, 6) is 2.33. The van der Waals surface area contributed by atoms with E-state index in [1.54, 1.807) is 14.2 Å². The number of fused-ring (bicyclic) bond motifs is 1. The maximum absolute atomic E-state index is 12.4. The van der Waals surface area contributed by atoms with Crippen molar-refractivity contribution >= 4 is 34.4 Å². The minimum atomic E-state index is -0.0592. The third-order valence-corrected chi connectivity index (χ3v) is 6.47. The molecule has 0 saturated carbocycles. The van der Waals surface area contributed by atoms with E-state index in [1.807, 2.05) is 42.5 Å². The Labute approximate surface area is 203 Å². The summed E-state index contributed by atoms with van der Waals surface area (Å²) >= 11 is 1.33. The molecule has 3 aromatic rings. The number of nitrogens with one attached hydrogen (secondary N) is 2. The number of hydrogen-bond donors (Lipinski definition) is 2. The highest BCUT2D eigenvalue weighted by Crippen LogP contribution is 2.28. The van der Waals surface area contributed by atoms with Crippen LogP contribution in [0.3, 0.4) is 0 Å². The van der Waals surface area contributed by atoms with E-state index in [4.69, 9.17) is 14.2 Å². The predicted molar refractivity (Wildman–Crippen MR) is 134 cm³/mol. The van der Waals surface area contributed by atoms with Gasteiger partial charge >= 0.3 is 0 Å². The highest BCUT2D eigenvalue weighted by Gasteiger charge is 2.17. The topological polar surface area (TPSA) is 94.6 Å². The van der Waals surface area contributed by atoms with Crippen LogP contribution in [-0.2, 0) is 16.0 Å². The molecule has 1 aromatic heterocycles. The maximum Gasteiger partial charge on any atom is 0.230 e. The summed E-state index contributed by atoms with van der Waals surface area (Å²) in [5, 5.41) is 7.92. The van der Waals surface area contributed by atoms with Crippen molar-refractivity contribution in [3.8, 4) is 11.5 Å². The van der Waals surface area contributed by atoms with Crippen molar-refractivity contribution in [1.29, 1.82) is 0 Å². The quantitative estimate of drug-likeness (QED) is 0.316. The SMILES string of the molecule is COc1ccc(CCNC(=O)CSc2nc(NCC3CCCO3)c3ccccc3n2)cc1OC. The maximum atomic E-state index is 12.4. The molecule has 9 heteroatoms. The third-order valence-electron chi connectivity index (χ3n) is 5.62. The molecule has 0 aliphatic carbocycles. The van der Waals surface area contributed by atoms with Gasteiger partial charge in [0.1, 0.15) is 5.82 Å². The van der Waals surface area contributed by atoms with Crippen molar-refractivity contribution in [2.75, 3.05) is 45.0 Å². The number of ether oxygens (including phenoxy) is 3. The number of thioether (sulfide) groups is 1. The van der Waals surface area contributed by atoms with Gasteiger partial charge in [-0.25, -0.2) is 9.97 Å². The number of methoxy groups -OCH3 is 2. The third kappa shape index (κ3) is 6.30. The number of aromatic nitrogens is 2. The van der Waals surface area contributed by atoms with E-state index in [-0.39, 0.29) is 17.8 Å². The van der Waals surface area contributed by atoms with Gasteiger partial charge in [0.25, 0.3) is 0 Å². The number of benzene rings is 2. The van der Waals surface area contributed by atoms with Crippen LogP contribution >= 0.6 is 11.8 Å². The highest BCUT2D eigenvalue weighted by molar-refractivity contribution is 7.99. The fourth-order valence-electron chi connectivity index (χ4n) is 3.83. The van der Waals surface area contributed by atoms with Crippen LogP contribution in [-0.4, -0.2) is 61.6 Å². The van der Waals surface area contributed by atoms with Crippen LogP contribution in [0.5, 0.6) is 11.5 Å². The Morgan fingerprint density at radius 3 is 2.79 bits per heavy atom. The van der Waals surface area contributed by atoms with Crippen molar-refractivity contribution in [3.05, 3.63) is 48.0 Å². The van der Waals surface area contributed by atoms with E-state index in [0.717, 1.165) is 41.7 Å². The zero-order valence-corrected chi connectivity index (χ0v) is 20.3. The molecule has 4 rings (SSSR count). The zero-order valence-electron chi connectivity index (χ0n) is 19.5. The summed E-state index contributed by atoms with van der Waals surface area (Å²) in [6.45, 7) is 2.06. The lowest BCUT2D eigenvalue weighted by molar-refractivity contribution is -0.118. The monoisotopic (exact) mass is 482 g/mol. The van der Waals surface area contributed by atoms with E-state index in [2.05, 4.69) is 20.6 Å². The predicted octanol–water partition coefficient (Wildman–Crippen LogP) is 3.69. The molecule has 2 heterocycles. The van der Waals surface area contributed by atoms with Gasteiger partial charge in [-0.05, 0) is 49.1 Å². The average molecular weight is 483 g/mol. The van der Waals surface area contributed by atoms with Gasteiger partial charge in [0.15, 0.2) is 16.7 Å². The fraction of sp³-hybridized carbons (Fsp3) is 0.400. The first-order valence-electron chi connectivity index (χ1n) is 11.4. The summed E-state index contributed by atoms with van der Waals surface area (Å²) in [4.78, 5) is 21.7. The summed E-state index contributed by atoms with van der Waals surface area (Å²) in [5.41, 5.74) is 1.91. The molecular formula is C25H30N4O4S. The molecule has 2 aromatic carbocycles. The zero-order chi connectivity index (χ0) is 23.8. The number of para-hydroxylation sites is 1. The van der Waals surface area contributed by atoms with Crippen molar-refractivity contribution in [1.82, 2.24) is 15.3 Å². The average Bonchev–Trinajstić information content (AvgIpc) is 3.39. The standard InChI is InChI=1S/C25H30N4O4S/c1-31-21-10-9-17(14-22(21)32-2)11-12-26-23(30)16-34-25-28-20-8-4-3-7-19(20)24(29-25)27-15-18-6-5-13-33-18/h3-4,7-10,14,18H,5-6,11-13,15-16H2,1-2H3,(H,26,30)(H,27,28,29). The first kappa shape index (κ1) is 24.1. The summed E-state index contributed by atoms with van der Waals surface area (Å²) < 4.78 is 16.3. The van der Waals surface area contributed by atoms with Crippen LogP contribution in [0.2, 0.25) is 0 Å².